The molecule has 2 aromatic rings. The summed E-state index contributed by atoms with van der Waals surface area (Å²) in [6, 6.07) is 8.81. The first kappa shape index (κ1) is 23.9. The molecule has 13 heteroatoms. The number of benzene rings is 1. The number of para-hydroxylation sites is 1. The van der Waals surface area contributed by atoms with E-state index in [4.69, 9.17) is 17.3 Å². The molecule has 1 unspecified atom stereocenters. The van der Waals surface area contributed by atoms with Crippen molar-refractivity contribution in [3.05, 3.63) is 91.6 Å². The first-order valence-corrected chi connectivity index (χ1v) is 9.69. The second kappa shape index (κ2) is 8.64. The highest BCUT2D eigenvalue weighted by atomic mass is 35.5. The van der Waals surface area contributed by atoms with E-state index in [1.807, 2.05) is 18.2 Å². The Balaban J connectivity index is 0.000000203. The van der Waals surface area contributed by atoms with Crippen LogP contribution in [-0.4, -0.2) is 38.5 Å². The molecule has 0 radical (unpaired) electrons. The summed E-state index contributed by atoms with van der Waals surface area (Å²) < 4.78 is 27.5. The number of likely N-dealkylation sites (N-methyl/N-ethyl adjacent to an activating group) is 1. The Labute approximate surface area is 190 Å². The maximum Gasteiger partial charge on any atom is 0.327 e. The topological polar surface area (TPSA) is 150 Å². The van der Waals surface area contributed by atoms with Crippen LogP contribution in [0.2, 0.25) is 0 Å². The van der Waals surface area contributed by atoms with Crippen LogP contribution in [-0.2, 0) is 0 Å². The summed E-state index contributed by atoms with van der Waals surface area (Å²) in [6.07, 6.45) is 2.98. The van der Waals surface area contributed by atoms with E-state index in [9.17, 15) is 29.0 Å². The lowest BCUT2D eigenvalue weighted by Gasteiger charge is -2.34. The molecule has 0 saturated heterocycles. The SMILES string of the molecule is CNC1(Cl)C2=C(C)C(F)(F)C=CC2=NC(N)=C1[N+](=O)[O-].O=[N+]([O-])c1cnc2ccccc2c1. The van der Waals surface area contributed by atoms with Crippen molar-refractivity contribution in [3.8, 4) is 0 Å². The second-order valence-electron chi connectivity index (χ2n) is 7.00. The summed E-state index contributed by atoms with van der Waals surface area (Å²) in [7, 11) is 1.32. The van der Waals surface area contributed by atoms with E-state index in [0.717, 1.165) is 23.9 Å². The van der Waals surface area contributed by atoms with Gasteiger partial charge in [-0.2, -0.15) is 8.78 Å². The van der Waals surface area contributed by atoms with E-state index in [-0.39, 0.29) is 17.0 Å². The summed E-state index contributed by atoms with van der Waals surface area (Å²) in [5, 5.41) is 24.8. The Bertz CT molecular complexity index is 1290. The lowest BCUT2D eigenvalue weighted by Crippen LogP contribution is -2.51. The zero-order chi connectivity index (χ0) is 24.6. The largest absolute Gasteiger partial charge is 0.378 e. The van der Waals surface area contributed by atoms with Gasteiger partial charge >= 0.3 is 5.70 Å². The van der Waals surface area contributed by atoms with Gasteiger partial charge in [-0.05, 0) is 32.2 Å². The maximum atomic E-state index is 13.8. The predicted octanol–water partition coefficient (Wildman–Crippen LogP) is 3.66. The Morgan fingerprint density at radius 2 is 1.85 bits per heavy atom. The van der Waals surface area contributed by atoms with Crippen LogP contribution in [0.3, 0.4) is 0 Å². The summed E-state index contributed by atoms with van der Waals surface area (Å²) in [5.41, 5.74) is 5.20. The third kappa shape index (κ3) is 4.30. The third-order valence-corrected chi connectivity index (χ3v) is 5.61. The fourth-order valence-corrected chi connectivity index (χ4v) is 3.78. The van der Waals surface area contributed by atoms with E-state index in [0.29, 0.717) is 6.08 Å². The van der Waals surface area contributed by atoms with Crippen molar-refractivity contribution in [2.45, 2.75) is 17.8 Å². The molecule has 1 aliphatic carbocycles. The third-order valence-electron chi connectivity index (χ3n) is 5.05. The highest BCUT2D eigenvalue weighted by molar-refractivity contribution is 6.33. The fourth-order valence-electron chi connectivity index (χ4n) is 3.38. The number of allylic oxidation sites excluding steroid dienone is 3. The number of fused-ring (bicyclic) bond motifs is 2. The van der Waals surface area contributed by atoms with E-state index in [1.165, 1.54) is 19.3 Å². The number of nitro groups is 2. The minimum Gasteiger partial charge on any atom is -0.378 e. The number of hydrogen-bond acceptors (Lipinski definition) is 8. The number of halogens is 3. The van der Waals surface area contributed by atoms with Crippen molar-refractivity contribution < 1.29 is 18.6 Å². The lowest BCUT2D eigenvalue weighted by atomic mass is 9.85. The van der Waals surface area contributed by atoms with Crippen molar-refractivity contribution in [1.82, 2.24) is 10.3 Å². The molecule has 1 atom stereocenters. The summed E-state index contributed by atoms with van der Waals surface area (Å²) in [6.45, 7) is 1.15. The maximum absolute atomic E-state index is 13.8. The van der Waals surface area contributed by atoms with Crippen LogP contribution in [0.1, 0.15) is 6.92 Å². The summed E-state index contributed by atoms with van der Waals surface area (Å²) in [4.78, 5) is 26.1. The summed E-state index contributed by atoms with van der Waals surface area (Å²) >= 11 is 6.21. The van der Waals surface area contributed by atoms with E-state index < -0.39 is 37.9 Å². The zero-order valence-electron chi connectivity index (χ0n) is 17.3. The number of nitrogens with zero attached hydrogens (tertiary/aromatic N) is 4. The van der Waals surface area contributed by atoms with Gasteiger partial charge in [0.15, 0.2) is 0 Å². The first-order chi connectivity index (χ1) is 15.4. The van der Waals surface area contributed by atoms with Gasteiger partial charge in [0.2, 0.25) is 10.8 Å². The van der Waals surface area contributed by atoms with Gasteiger partial charge in [-0.1, -0.05) is 29.8 Å². The molecule has 1 aliphatic heterocycles. The molecule has 172 valence electrons. The van der Waals surface area contributed by atoms with Gasteiger partial charge in [0.1, 0.15) is 6.20 Å². The molecular formula is C20H17ClF2N6O4. The Hall–Kier alpha value is -3.77. The summed E-state index contributed by atoms with van der Waals surface area (Å²) in [5.74, 6) is -3.67. The average Bonchev–Trinajstić information content (AvgIpc) is 2.76. The van der Waals surface area contributed by atoms with Gasteiger partial charge in [0.25, 0.3) is 11.6 Å². The Morgan fingerprint density at radius 3 is 2.45 bits per heavy atom. The molecule has 1 aromatic heterocycles. The van der Waals surface area contributed by atoms with Gasteiger partial charge in [-0.15, -0.1) is 0 Å². The molecular weight excluding hydrogens is 462 g/mol. The number of pyridine rings is 1. The normalized spacial score (nSPS) is 21.2. The number of nitrogens with one attached hydrogen (secondary N) is 1. The van der Waals surface area contributed by atoms with Gasteiger partial charge < -0.3 is 5.73 Å². The van der Waals surface area contributed by atoms with Crippen LogP contribution in [0.15, 0.2) is 76.3 Å². The molecule has 3 N–H and O–H groups in total. The minimum atomic E-state index is -3.25. The van der Waals surface area contributed by atoms with E-state index in [2.05, 4.69) is 15.3 Å². The van der Waals surface area contributed by atoms with E-state index in [1.54, 1.807) is 6.07 Å². The van der Waals surface area contributed by atoms with Crippen LogP contribution in [0.25, 0.3) is 10.9 Å². The monoisotopic (exact) mass is 478 g/mol. The number of aliphatic imine (C=N–C) groups is 1. The molecule has 2 aliphatic rings. The molecule has 0 fully saturated rings. The number of nitrogens with two attached hydrogens (primary N) is 1. The molecule has 33 heavy (non-hydrogen) atoms. The van der Waals surface area contributed by atoms with Crippen molar-refractivity contribution >= 4 is 33.9 Å². The van der Waals surface area contributed by atoms with Gasteiger partial charge in [0, 0.05) is 22.6 Å². The van der Waals surface area contributed by atoms with Gasteiger partial charge in [0.05, 0.1) is 21.1 Å². The molecule has 1 aromatic carbocycles. The van der Waals surface area contributed by atoms with Gasteiger partial charge in [-0.25, -0.2) is 9.98 Å². The predicted molar refractivity (Wildman–Crippen MR) is 118 cm³/mol. The first-order valence-electron chi connectivity index (χ1n) is 9.32. The minimum absolute atomic E-state index is 0.0266. The molecule has 2 heterocycles. The smallest absolute Gasteiger partial charge is 0.327 e. The van der Waals surface area contributed by atoms with Crippen LogP contribution in [0, 0.1) is 20.2 Å². The van der Waals surface area contributed by atoms with Crippen molar-refractivity contribution in [2.24, 2.45) is 10.7 Å². The van der Waals surface area contributed by atoms with Crippen LogP contribution in [0.4, 0.5) is 14.5 Å². The lowest BCUT2D eigenvalue weighted by molar-refractivity contribution is -0.432. The molecule has 4 rings (SSSR count). The van der Waals surface area contributed by atoms with Crippen LogP contribution < -0.4 is 11.1 Å². The van der Waals surface area contributed by atoms with Crippen LogP contribution in [0.5, 0.6) is 0 Å². The number of hydrogen-bond donors (Lipinski definition) is 2. The second-order valence-corrected chi connectivity index (χ2v) is 7.56. The zero-order valence-corrected chi connectivity index (χ0v) is 18.0. The van der Waals surface area contributed by atoms with Gasteiger partial charge in [-0.3, -0.25) is 25.5 Å². The highest BCUT2D eigenvalue weighted by Gasteiger charge is 2.53. The standard InChI is InChI=1S/C11H11ClF2N4O2.C9H6N2O2/c1-5-7-6(3-4-10(5,13)14)17-9(15)8(18(19)20)11(7,12)16-2;12-11(13)8-5-7-3-1-2-4-9(7)10-6-8/h3-4,16H,15H2,1-2H3;1-6H. The molecule has 0 spiro atoms. The molecule has 10 nitrogen and oxygen atoms in total. The Morgan fingerprint density at radius 1 is 1.18 bits per heavy atom. The number of aromatic nitrogens is 1. The quantitative estimate of drug-likeness (QED) is 0.295. The van der Waals surface area contributed by atoms with E-state index >= 15 is 0 Å². The van der Waals surface area contributed by atoms with Crippen molar-refractivity contribution in [3.63, 3.8) is 0 Å². The molecule has 0 saturated carbocycles. The highest BCUT2D eigenvalue weighted by Crippen LogP contribution is 2.44. The van der Waals surface area contributed by atoms with Crippen molar-refractivity contribution in [1.29, 1.82) is 0 Å². The molecule has 0 amide bonds. The van der Waals surface area contributed by atoms with Crippen LogP contribution >= 0.6 is 11.6 Å². The fraction of sp³-hybridized carbons (Fsp3) is 0.200. The van der Waals surface area contributed by atoms with Crippen molar-refractivity contribution in [2.75, 3.05) is 7.05 Å². The average molecular weight is 479 g/mol. The number of alkyl halides is 3. The molecule has 0 bridgehead atoms. The Kier molecular flexibility index (Phi) is 6.25. The number of rotatable bonds is 3.